The van der Waals surface area contributed by atoms with Crippen molar-refractivity contribution < 1.29 is 14.3 Å². The van der Waals surface area contributed by atoms with Crippen LogP contribution in [0, 0.1) is 0 Å². The number of hydrogen-bond acceptors (Lipinski definition) is 7. The quantitative estimate of drug-likeness (QED) is 0.782. The van der Waals surface area contributed by atoms with Gasteiger partial charge in [0.2, 0.25) is 0 Å². The Kier molecular flexibility index (Phi) is 4.21. The van der Waals surface area contributed by atoms with E-state index in [0.717, 1.165) is 11.1 Å². The molecule has 0 aromatic carbocycles. The summed E-state index contributed by atoms with van der Waals surface area (Å²) in [7, 11) is 0. The first-order valence-corrected chi connectivity index (χ1v) is 7.30. The average Bonchev–Trinajstić information content (AvgIpc) is 3.02. The molecular formula is C14H19N5O3. The predicted molar refractivity (Wildman–Crippen MR) is 80.9 cm³/mol. The van der Waals surface area contributed by atoms with E-state index < -0.39 is 0 Å². The summed E-state index contributed by atoms with van der Waals surface area (Å²) in [5.41, 5.74) is 7.56. The molecule has 1 saturated heterocycles. The van der Waals surface area contributed by atoms with Gasteiger partial charge in [-0.05, 0) is 6.92 Å². The first-order valence-electron chi connectivity index (χ1n) is 7.30. The summed E-state index contributed by atoms with van der Waals surface area (Å²) in [5.74, 6) is -0.385. The molecule has 1 aliphatic heterocycles. The Labute approximate surface area is 127 Å². The number of ether oxygens (including phenoxy) is 2. The van der Waals surface area contributed by atoms with E-state index in [1.807, 2.05) is 0 Å². The number of anilines is 1. The van der Waals surface area contributed by atoms with Gasteiger partial charge in [0, 0.05) is 25.8 Å². The third-order valence-corrected chi connectivity index (χ3v) is 3.67. The molecule has 0 radical (unpaired) electrons. The molecule has 0 spiro atoms. The summed E-state index contributed by atoms with van der Waals surface area (Å²) in [6, 6.07) is 0. The van der Waals surface area contributed by atoms with Crippen LogP contribution in [0.5, 0.6) is 0 Å². The maximum absolute atomic E-state index is 12.2. The van der Waals surface area contributed by atoms with Crippen LogP contribution in [-0.2, 0) is 9.47 Å². The molecule has 3 heterocycles. The van der Waals surface area contributed by atoms with Gasteiger partial charge in [0.05, 0.1) is 36.6 Å². The number of nitrogens with zero attached hydrogens (tertiary/aromatic N) is 3. The Morgan fingerprint density at radius 3 is 3.23 bits per heavy atom. The lowest BCUT2D eigenvalue weighted by Gasteiger charge is -2.35. The molecule has 3 N–H and O–H groups in total. The second kappa shape index (κ2) is 6.29. The fourth-order valence-electron chi connectivity index (χ4n) is 2.65. The van der Waals surface area contributed by atoms with Gasteiger partial charge in [0.25, 0.3) is 0 Å². The molecule has 2 aromatic rings. The zero-order chi connectivity index (χ0) is 15.5. The van der Waals surface area contributed by atoms with Gasteiger partial charge in [-0.1, -0.05) is 0 Å². The third kappa shape index (κ3) is 2.62. The van der Waals surface area contributed by atoms with Crippen molar-refractivity contribution in [3.63, 3.8) is 0 Å². The van der Waals surface area contributed by atoms with Crippen molar-refractivity contribution in [2.24, 2.45) is 5.73 Å². The molecular weight excluding hydrogens is 286 g/mol. The highest BCUT2D eigenvalue weighted by molar-refractivity contribution is 6.04. The molecule has 1 fully saturated rings. The molecule has 22 heavy (non-hydrogen) atoms. The molecule has 3 rings (SSSR count). The van der Waals surface area contributed by atoms with E-state index in [2.05, 4.69) is 20.1 Å². The zero-order valence-electron chi connectivity index (χ0n) is 12.4. The number of nitrogens with two attached hydrogens (primary N) is 1. The highest BCUT2D eigenvalue weighted by Gasteiger charge is 2.26. The van der Waals surface area contributed by atoms with Crippen LogP contribution >= 0.6 is 0 Å². The van der Waals surface area contributed by atoms with Gasteiger partial charge in [-0.3, -0.25) is 5.10 Å². The van der Waals surface area contributed by atoms with Crippen LogP contribution in [0.4, 0.5) is 5.69 Å². The molecule has 118 valence electrons. The second-order valence-corrected chi connectivity index (χ2v) is 5.05. The normalized spacial score (nSPS) is 18.6. The van der Waals surface area contributed by atoms with Gasteiger partial charge in [0.15, 0.2) is 5.65 Å². The lowest BCUT2D eigenvalue weighted by molar-refractivity contribution is 0.0456. The van der Waals surface area contributed by atoms with Crippen LogP contribution in [-0.4, -0.2) is 60.1 Å². The number of aromatic nitrogens is 3. The fourth-order valence-corrected chi connectivity index (χ4v) is 2.65. The number of nitrogens with one attached hydrogen (secondary N) is 1. The van der Waals surface area contributed by atoms with Gasteiger partial charge < -0.3 is 20.1 Å². The Morgan fingerprint density at radius 2 is 2.45 bits per heavy atom. The highest BCUT2D eigenvalue weighted by Crippen LogP contribution is 2.30. The Morgan fingerprint density at radius 1 is 1.59 bits per heavy atom. The number of aromatic amines is 1. The van der Waals surface area contributed by atoms with Crippen molar-refractivity contribution in [2.45, 2.75) is 13.0 Å². The summed E-state index contributed by atoms with van der Waals surface area (Å²) in [6.45, 7) is 4.38. The summed E-state index contributed by atoms with van der Waals surface area (Å²) >= 11 is 0. The molecule has 8 heteroatoms. The van der Waals surface area contributed by atoms with Crippen LogP contribution < -0.4 is 10.6 Å². The maximum atomic E-state index is 12.2. The molecule has 1 aliphatic rings. The first-order chi connectivity index (χ1) is 10.7. The fraction of sp³-hybridized carbons (Fsp3) is 0.500. The van der Waals surface area contributed by atoms with Crippen LogP contribution in [0.15, 0.2) is 12.4 Å². The van der Waals surface area contributed by atoms with Crippen molar-refractivity contribution in [1.29, 1.82) is 0 Å². The van der Waals surface area contributed by atoms with Crippen LogP contribution in [0.2, 0.25) is 0 Å². The highest BCUT2D eigenvalue weighted by atomic mass is 16.5. The number of esters is 1. The third-order valence-electron chi connectivity index (χ3n) is 3.67. The molecule has 0 amide bonds. The van der Waals surface area contributed by atoms with Gasteiger partial charge >= 0.3 is 5.97 Å². The minimum Gasteiger partial charge on any atom is -0.462 e. The molecule has 1 atom stereocenters. The van der Waals surface area contributed by atoms with E-state index in [1.165, 1.54) is 6.20 Å². The number of carbonyl (C=O) groups is 1. The van der Waals surface area contributed by atoms with E-state index in [9.17, 15) is 4.79 Å². The summed E-state index contributed by atoms with van der Waals surface area (Å²) < 4.78 is 10.7. The van der Waals surface area contributed by atoms with E-state index in [0.29, 0.717) is 44.1 Å². The smallest absolute Gasteiger partial charge is 0.341 e. The summed E-state index contributed by atoms with van der Waals surface area (Å²) in [6.07, 6.45) is 3.15. The van der Waals surface area contributed by atoms with Crippen molar-refractivity contribution in [1.82, 2.24) is 15.2 Å². The minimum absolute atomic E-state index is 0.0566. The molecule has 8 nitrogen and oxygen atoms in total. The summed E-state index contributed by atoms with van der Waals surface area (Å²) in [5, 5.41) is 7.64. The number of fused-ring (bicyclic) bond motifs is 1. The molecule has 0 bridgehead atoms. The Bertz CT molecular complexity index is 672. The lowest BCUT2D eigenvalue weighted by atomic mass is 10.1. The molecule has 0 aliphatic carbocycles. The monoisotopic (exact) mass is 305 g/mol. The number of hydrogen-bond donors (Lipinski definition) is 2. The zero-order valence-corrected chi connectivity index (χ0v) is 12.4. The van der Waals surface area contributed by atoms with E-state index in [4.69, 9.17) is 15.2 Å². The topological polar surface area (TPSA) is 106 Å². The van der Waals surface area contributed by atoms with E-state index in [1.54, 1.807) is 13.1 Å². The average molecular weight is 305 g/mol. The number of carbonyl (C=O) groups excluding carboxylic acids is 1. The van der Waals surface area contributed by atoms with Gasteiger partial charge in [-0.25, -0.2) is 9.78 Å². The largest absolute Gasteiger partial charge is 0.462 e. The maximum Gasteiger partial charge on any atom is 0.341 e. The minimum atomic E-state index is -0.385. The molecule has 0 saturated carbocycles. The lowest BCUT2D eigenvalue weighted by Crippen LogP contribution is -2.46. The van der Waals surface area contributed by atoms with Crippen molar-refractivity contribution in [3.05, 3.63) is 18.0 Å². The SMILES string of the molecule is CCOC(=O)c1cnc2[nH]ncc2c1N1CCO[C@@H](CN)C1. The second-order valence-electron chi connectivity index (χ2n) is 5.05. The number of rotatable bonds is 4. The number of pyridine rings is 1. The predicted octanol–water partition coefficient (Wildman–Crippen LogP) is 0.299. The number of morpholine rings is 1. The van der Waals surface area contributed by atoms with Gasteiger partial charge in [0.1, 0.15) is 5.56 Å². The molecule has 0 unspecified atom stereocenters. The summed E-state index contributed by atoms with van der Waals surface area (Å²) in [4.78, 5) is 18.6. The van der Waals surface area contributed by atoms with Crippen molar-refractivity contribution in [2.75, 3.05) is 37.7 Å². The first kappa shape index (κ1) is 14.7. The Hall–Kier alpha value is -2.19. The van der Waals surface area contributed by atoms with Gasteiger partial charge in [-0.2, -0.15) is 5.10 Å². The van der Waals surface area contributed by atoms with Crippen LogP contribution in [0.1, 0.15) is 17.3 Å². The van der Waals surface area contributed by atoms with Crippen LogP contribution in [0.3, 0.4) is 0 Å². The Balaban J connectivity index is 2.06. The van der Waals surface area contributed by atoms with Crippen molar-refractivity contribution >= 4 is 22.7 Å². The number of H-pyrrole nitrogens is 1. The molecule has 2 aromatic heterocycles. The van der Waals surface area contributed by atoms with Gasteiger partial charge in [-0.15, -0.1) is 0 Å². The van der Waals surface area contributed by atoms with Crippen LogP contribution in [0.25, 0.3) is 11.0 Å². The van der Waals surface area contributed by atoms with E-state index in [-0.39, 0.29) is 12.1 Å². The van der Waals surface area contributed by atoms with E-state index >= 15 is 0 Å². The standard InChI is InChI=1S/C14H19N5O3/c1-2-21-14(20)11-6-16-13-10(7-17-18-13)12(11)19-3-4-22-9(5-15)8-19/h6-7,9H,2-5,8,15H2,1H3,(H,16,17,18)/t9-/m0/s1. The van der Waals surface area contributed by atoms with Crippen molar-refractivity contribution in [3.8, 4) is 0 Å².